The number of thioether (sulfide) groups is 1. The number of hydrogen-bond acceptors (Lipinski definition) is 10. The Morgan fingerprint density at radius 1 is 0.793 bits per heavy atom. The van der Waals surface area contributed by atoms with Crippen LogP contribution in [0.1, 0.15) is 65.4 Å². The van der Waals surface area contributed by atoms with Gasteiger partial charge in [0.15, 0.2) is 5.37 Å². The van der Waals surface area contributed by atoms with E-state index in [-0.39, 0.29) is 19.4 Å². The van der Waals surface area contributed by atoms with Gasteiger partial charge < -0.3 is 52.8 Å². The zero-order chi connectivity index (χ0) is 42.3. The van der Waals surface area contributed by atoms with Gasteiger partial charge >= 0.3 is 0 Å². The molecule has 4 heterocycles. The summed E-state index contributed by atoms with van der Waals surface area (Å²) in [5.74, 6) is -7.75. The van der Waals surface area contributed by atoms with E-state index in [9.17, 15) is 43.2 Å². The first-order valence-corrected chi connectivity index (χ1v) is 20.4. The number of benzene rings is 1. The van der Waals surface area contributed by atoms with Crippen molar-refractivity contribution in [3.8, 4) is 0 Å². The highest BCUT2D eigenvalue weighted by Gasteiger charge is 2.42. The third kappa shape index (κ3) is 10.3. The Bertz CT molecular complexity index is 1960. The molecule has 314 valence electrons. The third-order valence-corrected chi connectivity index (χ3v) is 12.0. The van der Waals surface area contributed by atoms with E-state index in [1.54, 1.807) is 45.0 Å². The second kappa shape index (κ2) is 19.2. The lowest BCUT2D eigenvalue weighted by molar-refractivity contribution is -0.143. The number of aromatic nitrogens is 1. The van der Waals surface area contributed by atoms with Gasteiger partial charge in [-0.25, -0.2) is 0 Å². The van der Waals surface area contributed by atoms with Gasteiger partial charge in [0.1, 0.15) is 30.2 Å². The number of carbonyl (C=O) groups is 9. The summed E-state index contributed by atoms with van der Waals surface area (Å²) < 4.78 is 0. The number of fused-ring (bicyclic) bond motifs is 4. The second-order valence-electron chi connectivity index (χ2n) is 15.0. The Hall–Kier alpha value is -5.66. The normalized spacial score (nSPS) is 26.9. The number of rotatable bonds is 6. The van der Waals surface area contributed by atoms with E-state index in [1.807, 2.05) is 6.92 Å². The number of H-pyrrole nitrogens is 1. The Morgan fingerprint density at radius 3 is 2.10 bits per heavy atom. The van der Waals surface area contributed by atoms with Crippen LogP contribution in [0.25, 0.3) is 10.9 Å². The molecule has 20 heteroatoms. The number of carbonyl (C=O) groups excluding carboxylic acids is 9. The smallest absolute Gasteiger partial charge is 0.254 e. The summed E-state index contributed by atoms with van der Waals surface area (Å²) in [6.45, 7) is 6.04. The molecule has 3 aliphatic heterocycles. The average Bonchev–Trinajstić information content (AvgIpc) is 3.82. The number of aromatic amines is 1. The molecule has 3 aliphatic rings. The standard InChI is InChI=1S/C38H52N10O9S/c1-5-18(3)29-33(54)41-17-28(51)46-37-35(56)43-24(15-26(39)49)38(57)48-13-9-12-25(48)32(53)47-30(19(4)6-2)34(55)42-23(31(52)40-16-27(50)45-29)14-21-20-10-7-8-11-22(20)44-36(21)58-37/h7-8,10-11,18-19,23-25,29-30,37,44H,5-6,9,12-17H2,1-4H3,(H2,39,49)(H,40,52)(H,41,54)(H,42,55)(H,43,56)(H,45,50)(H,46,51)(H,47,53)/t18-,19-,23-,24-,25+,29-,30-,37-/m0/s1. The molecule has 1 saturated heterocycles. The van der Waals surface area contributed by atoms with E-state index >= 15 is 0 Å². The van der Waals surface area contributed by atoms with Gasteiger partial charge in [0, 0.05) is 23.9 Å². The Labute approximate surface area is 339 Å². The first kappa shape index (κ1) is 43.5. The Morgan fingerprint density at radius 2 is 1.43 bits per heavy atom. The minimum absolute atomic E-state index is 0.0999. The van der Waals surface area contributed by atoms with Crippen LogP contribution < -0.4 is 43.0 Å². The Kier molecular flexibility index (Phi) is 14.4. The largest absolute Gasteiger partial charge is 0.370 e. The molecule has 10 N–H and O–H groups in total. The Balaban J connectivity index is 1.68. The van der Waals surface area contributed by atoms with Crippen molar-refractivity contribution in [2.75, 3.05) is 19.6 Å². The van der Waals surface area contributed by atoms with Crippen LogP contribution in [-0.2, 0) is 49.6 Å². The molecule has 9 amide bonds. The summed E-state index contributed by atoms with van der Waals surface area (Å²) in [5.41, 5.74) is 6.58. The van der Waals surface area contributed by atoms with Gasteiger partial charge in [-0.05, 0) is 36.3 Å². The van der Waals surface area contributed by atoms with Crippen molar-refractivity contribution in [3.05, 3.63) is 29.8 Å². The molecule has 2 aromatic rings. The number of nitrogens with zero attached hydrogens (tertiary/aromatic N) is 1. The van der Waals surface area contributed by atoms with Gasteiger partial charge in [-0.15, -0.1) is 0 Å². The highest BCUT2D eigenvalue weighted by molar-refractivity contribution is 8.00. The molecule has 2 bridgehead atoms. The van der Waals surface area contributed by atoms with E-state index in [0.717, 1.165) is 11.8 Å². The predicted octanol–water partition coefficient (Wildman–Crippen LogP) is -1.60. The zero-order valence-electron chi connectivity index (χ0n) is 32.9. The lowest BCUT2D eigenvalue weighted by Gasteiger charge is -2.31. The molecule has 1 fully saturated rings. The third-order valence-electron chi connectivity index (χ3n) is 10.9. The van der Waals surface area contributed by atoms with Crippen molar-refractivity contribution >= 4 is 75.8 Å². The topological polar surface area (TPSA) is 283 Å². The van der Waals surface area contributed by atoms with E-state index in [2.05, 4.69) is 42.2 Å². The molecule has 58 heavy (non-hydrogen) atoms. The fourth-order valence-electron chi connectivity index (χ4n) is 7.21. The van der Waals surface area contributed by atoms with E-state index in [4.69, 9.17) is 5.73 Å². The molecule has 19 nitrogen and oxygen atoms in total. The fourth-order valence-corrected chi connectivity index (χ4v) is 8.32. The second-order valence-corrected chi connectivity index (χ2v) is 16.1. The maximum absolute atomic E-state index is 14.3. The van der Waals surface area contributed by atoms with Crippen LogP contribution in [0.3, 0.4) is 0 Å². The van der Waals surface area contributed by atoms with Gasteiger partial charge in [0.05, 0.1) is 24.5 Å². The van der Waals surface area contributed by atoms with Crippen molar-refractivity contribution < 1.29 is 43.2 Å². The minimum Gasteiger partial charge on any atom is -0.370 e. The van der Waals surface area contributed by atoms with Gasteiger partial charge in [-0.1, -0.05) is 70.5 Å². The SMILES string of the molecule is CC[C@H](C)[C@@H]1NC(=O)CNC(=O)[C@@H]2Cc3c([nH]c4ccccc34)S[C@H](NC(=O)CNC1=O)C(=O)N[C@@H](CC(N)=O)C(=O)N1CCC[C@@H]1C(=O)N[C@@H]([C@@H](C)CC)C(=O)N2. The summed E-state index contributed by atoms with van der Waals surface area (Å²) in [7, 11) is 0. The quantitative estimate of drug-likeness (QED) is 0.161. The summed E-state index contributed by atoms with van der Waals surface area (Å²) in [4.78, 5) is 128. The van der Waals surface area contributed by atoms with Crippen molar-refractivity contribution in [1.82, 2.24) is 47.1 Å². The number of primary amides is 1. The lowest BCUT2D eigenvalue weighted by atomic mass is 9.96. The lowest BCUT2D eigenvalue weighted by Crippen LogP contribution is -2.60. The first-order chi connectivity index (χ1) is 27.6. The van der Waals surface area contributed by atoms with Crippen LogP contribution in [0, 0.1) is 11.8 Å². The highest BCUT2D eigenvalue weighted by Crippen LogP contribution is 2.33. The van der Waals surface area contributed by atoms with Crippen molar-refractivity contribution in [1.29, 1.82) is 0 Å². The summed E-state index contributed by atoms with van der Waals surface area (Å²) in [6.07, 6.45) is 0.703. The summed E-state index contributed by atoms with van der Waals surface area (Å²) in [5, 5.41) is 17.8. The number of nitrogens with two attached hydrogens (primary N) is 1. The van der Waals surface area contributed by atoms with E-state index in [1.165, 1.54) is 4.90 Å². The number of para-hydroxylation sites is 1. The fraction of sp³-hybridized carbons (Fsp3) is 0.553. The maximum atomic E-state index is 14.3. The monoisotopic (exact) mass is 824 g/mol. The van der Waals surface area contributed by atoms with Crippen LogP contribution in [0.5, 0.6) is 0 Å². The van der Waals surface area contributed by atoms with Crippen LogP contribution in [0.15, 0.2) is 29.3 Å². The average molecular weight is 825 g/mol. The van der Waals surface area contributed by atoms with Gasteiger partial charge in [-0.3, -0.25) is 43.2 Å². The van der Waals surface area contributed by atoms with Crippen molar-refractivity contribution in [2.24, 2.45) is 17.6 Å². The van der Waals surface area contributed by atoms with Crippen molar-refractivity contribution in [2.45, 2.75) is 107 Å². The number of amides is 9. The van der Waals surface area contributed by atoms with Crippen LogP contribution in [0.2, 0.25) is 0 Å². The molecule has 1 aromatic heterocycles. The minimum atomic E-state index is -1.54. The molecule has 8 atom stereocenters. The molecule has 5 rings (SSSR count). The molecule has 0 spiro atoms. The predicted molar refractivity (Wildman–Crippen MR) is 211 cm³/mol. The first-order valence-electron chi connectivity index (χ1n) is 19.5. The maximum Gasteiger partial charge on any atom is 0.254 e. The van der Waals surface area contributed by atoms with Gasteiger partial charge in [0.2, 0.25) is 47.3 Å². The number of hydrogen-bond donors (Lipinski definition) is 9. The highest BCUT2D eigenvalue weighted by atomic mass is 32.2. The number of nitrogens with one attached hydrogen (secondary N) is 8. The van der Waals surface area contributed by atoms with Crippen LogP contribution >= 0.6 is 11.8 Å². The molecular formula is C38H52N10O9S. The van der Waals surface area contributed by atoms with Crippen LogP contribution in [-0.4, -0.2) is 118 Å². The molecule has 0 radical (unpaired) electrons. The zero-order valence-corrected chi connectivity index (χ0v) is 33.7. The van der Waals surface area contributed by atoms with Gasteiger partial charge in [-0.2, -0.15) is 0 Å². The van der Waals surface area contributed by atoms with E-state index in [0.29, 0.717) is 40.8 Å². The molecule has 0 saturated carbocycles. The summed E-state index contributed by atoms with van der Waals surface area (Å²) in [6, 6.07) is 0.774. The van der Waals surface area contributed by atoms with E-state index < -0.39 is 120 Å². The molecule has 0 aliphatic carbocycles. The van der Waals surface area contributed by atoms with Gasteiger partial charge in [0.25, 0.3) is 5.91 Å². The van der Waals surface area contributed by atoms with Crippen LogP contribution in [0.4, 0.5) is 0 Å². The van der Waals surface area contributed by atoms with Crippen molar-refractivity contribution in [3.63, 3.8) is 0 Å². The molecular weight excluding hydrogens is 773 g/mol. The summed E-state index contributed by atoms with van der Waals surface area (Å²) >= 11 is 0.828. The molecule has 0 unspecified atom stereocenters. The molecule has 1 aromatic carbocycles.